The fourth-order valence-electron chi connectivity index (χ4n) is 4.07. The lowest BCUT2D eigenvalue weighted by Crippen LogP contribution is -2.14. The monoisotopic (exact) mass is 405 g/mol. The number of ether oxygens (including phenoxy) is 1. The predicted molar refractivity (Wildman–Crippen MR) is 103 cm³/mol. The van der Waals surface area contributed by atoms with E-state index in [-0.39, 0.29) is 17.8 Å². The minimum Gasteiger partial charge on any atom is -0.434 e. The van der Waals surface area contributed by atoms with Gasteiger partial charge in [0.2, 0.25) is 0 Å². The molecule has 3 aromatic rings. The average Bonchev–Trinajstić information content (AvgIpc) is 3.10. The van der Waals surface area contributed by atoms with E-state index in [2.05, 4.69) is 4.57 Å². The molecule has 3 heterocycles. The lowest BCUT2D eigenvalue weighted by atomic mass is 9.98. The van der Waals surface area contributed by atoms with E-state index in [4.69, 9.17) is 26.3 Å². The van der Waals surface area contributed by atoms with Gasteiger partial charge in [0.25, 0.3) is 0 Å². The molecule has 2 aliphatic rings. The molecule has 2 atom stereocenters. The SMILES string of the molecule is CSC1=N[C@H]2C[C@@H](c3c(OC(F)F)cccc31)n1c2nc2ccc(Cl)cc21. The molecule has 5 rings (SSSR count). The lowest BCUT2D eigenvalue weighted by Gasteiger charge is -2.22. The molecule has 2 aromatic carbocycles. The molecule has 138 valence electrons. The topological polar surface area (TPSA) is 39.4 Å². The van der Waals surface area contributed by atoms with Crippen LogP contribution in [0.4, 0.5) is 8.78 Å². The first kappa shape index (κ1) is 17.0. The van der Waals surface area contributed by atoms with E-state index in [9.17, 15) is 8.78 Å². The maximum Gasteiger partial charge on any atom is 0.387 e. The Morgan fingerprint density at radius 1 is 1.30 bits per heavy atom. The van der Waals surface area contributed by atoms with E-state index in [1.807, 2.05) is 24.5 Å². The van der Waals surface area contributed by atoms with Gasteiger partial charge in [0, 0.05) is 22.6 Å². The Morgan fingerprint density at radius 3 is 2.93 bits per heavy atom. The number of rotatable bonds is 2. The normalized spacial score (nSPS) is 20.4. The van der Waals surface area contributed by atoms with Crippen molar-refractivity contribution in [2.75, 3.05) is 6.26 Å². The summed E-state index contributed by atoms with van der Waals surface area (Å²) in [7, 11) is 0. The van der Waals surface area contributed by atoms with Crippen molar-refractivity contribution in [3.05, 3.63) is 58.4 Å². The molecule has 0 N–H and O–H groups in total. The van der Waals surface area contributed by atoms with Gasteiger partial charge in [-0.25, -0.2) is 4.98 Å². The number of aromatic nitrogens is 2. The molecule has 0 amide bonds. The Morgan fingerprint density at radius 2 is 2.15 bits per heavy atom. The van der Waals surface area contributed by atoms with Gasteiger partial charge in [-0.2, -0.15) is 8.78 Å². The van der Waals surface area contributed by atoms with Gasteiger partial charge in [0.1, 0.15) is 17.6 Å². The Balaban J connectivity index is 1.81. The predicted octanol–water partition coefficient (Wildman–Crippen LogP) is 5.45. The minimum absolute atomic E-state index is 0.129. The molecule has 4 nitrogen and oxygen atoms in total. The number of hydrogen-bond donors (Lipinski definition) is 0. The minimum atomic E-state index is -2.89. The second kappa shape index (κ2) is 6.21. The van der Waals surface area contributed by atoms with Gasteiger partial charge in [-0.3, -0.25) is 4.99 Å². The van der Waals surface area contributed by atoms with Crippen molar-refractivity contribution in [2.45, 2.75) is 25.1 Å². The van der Waals surface area contributed by atoms with Gasteiger partial charge >= 0.3 is 6.61 Å². The number of fused-ring (bicyclic) bond motifs is 9. The molecule has 0 unspecified atom stereocenters. The van der Waals surface area contributed by atoms with Crippen LogP contribution in [0.3, 0.4) is 0 Å². The molecule has 0 fully saturated rings. The summed E-state index contributed by atoms with van der Waals surface area (Å²) in [5.41, 5.74) is 3.26. The molecule has 0 radical (unpaired) electrons. The number of alkyl halides is 2. The zero-order valence-corrected chi connectivity index (χ0v) is 15.8. The van der Waals surface area contributed by atoms with Crippen molar-refractivity contribution >= 4 is 39.4 Å². The molecule has 0 saturated heterocycles. The summed E-state index contributed by atoms with van der Waals surface area (Å²) in [5.74, 6) is 1.02. The molecule has 0 spiro atoms. The van der Waals surface area contributed by atoms with E-state index in [0.717, 1.165) is 33.0 Å². The highest BCUT2D eigenvalue weighted by Crippen LogP contribution is 2.49. The summed E-state index contributed by atoms with van der Waals surface area (Å²) in [6.07, 6.45) is 2.59. The highest BCUT2D eigenvalue weighted by Gasteiger charge is 2.40. The highest BCUT2D eigenvalue weighted by atomic mass is 35.5. The molecule has 0 saturated carbocycles. The molecule has 8 heteroatoms. The number of halogens is 3. The van der Waals surface area contributed by atoms with Crippen LogP contribution >= 0.6 is 23.4 Å². The van der Waals surface area contributed by atoms with Gasteiger partial charge in [-0.1, -0.05) is 23.7 Å². The second-order valence-corrected chi connectivity index (χ2v) is 7.71. The van der Waals surface area contributed by atoms with Gasteiger partial charge in [0.15, 0.2) is 0 Å². The summed E-state index contributed by atoms with van der Waals surface area (Å²) < 4.78 is 33.1. The summed E-state index contributed by atoms with van der Waals surface area (Å²) in [5, 5.41) is 1.42. The molecular formula is C19H14ClF2N3OS. The van der Waals surface area contributed by atoms with Crippen molar-refractivity contribution in [3.8, 4) is 5.75 Å². The Labute approximate surface area is 163 Å². The fourth-order valence-corrected chi connectivity index (χ4v) is 4.87. The van der Waals surface area contributed by atoms with Crippen LogP contribution in [0, 0.1) is 0 Å². The van der Waals surface area contributed by atoms with Gasteiger partial charge in [-0.15, -0.1) is 11.8 Å². The zero-order chi connectivity index (χ0) is 18.7. The molecule has 0 aliphatic carbocycles. The second-order valence-electron chi connectivity index (χ2n) is 6.47. The van der Waals surface area contributed by atoms with E-state index in [0.29, 0.717) is 11.4 Å². The maximum atomic E-state index is 13.1. The van der Waals surface area contributed by atoms with Gasteiger partial charge in [0.05, 0.1) is 22.1 Å². The van der Waals surface area contributed by atoms with Crippen LogP contribution in [-0.4, -0.2) is 27.5 Å². The summed E-state index contributed by atoms with van der Waals surface area (Å²) in [4.78, 5) is 9.65. The number of thioether (sulfide) groups is 1. The number of hydrogen-bond acceptors (Lipinski definition) is 4. The first-order valence-corrected chi connectivity index (χ1v) is 10.0. The maximum absolute atomic E-state index is 13.1. The molecular weight excluding hydrogens is 392 g/mol. The molecule has 2 bridgehead atoms. The van der Waals surface area contributed by atoms with Crippen LogP contribution < -0.4 is 4.74 Å². The third kappa shape index (κ3) is 2.56. The smallest absolute Gasteiger partial charge is 0.387 e. The first-order valence-electron chi connectivity index (χ1n) is 8.44. The first-order chi connectivity index (χ1) is 13.1. The summed E-state index contributed by atoms with van der Waals surface area (Å²) in [6, 6.07) is 10.4. The van der Waals surface area contributed by atoms with Crippen molar-refractivity contribution in [2.24, 2.45) is 4.99 Å². The number of nitrogens with zero attached hydrogens (tertiary/aromatic N) is 3. The highest BCUT2D eigenvalue weighted by molar-refractivity contribution is 8.13. The quantitative estimate of drug-likeness (QED) is 0.569. The van der Waals surface area contributed by atoms with E-state index < -0.39 is 6.61 Å². The van der Waals surface area contributed by atoms with E-state index in [1.165, 1.54) is 11.8 Å². The van der Waals surface area contributed by atoms with Crippen LogP contribution in [0.2, 0.25) is 5.02 Å². The van der Waals surface area contributed by atoms with Crippen LogP contribution in [0.15, 0.2) is 41.4 Å². The van der Waals surface area contributed by atoms with E-state index in [1.54, 1.807) is 18.2 Å². The molecule has 1 aromatic heterocycles. The Bertz CT molecular complexity index is 1100. The Hall–Kier alpha value is -2.12. The number of aliphatic imine (C=N–C) groups is 1. The van der Waals surface area contributed by atoms with Crippen molar-refractivity contribution < 1.29 is 13.5 Å². The standard InChI is InChI=1S/C19H14ClF2N3OS/c1-27-18-10-3-2-4-15(26-19(21)22)16(10)14-8-12(24-18)17-23-11-6-5-9(20)7-13(11)25(14)17/h2-7,12,14,19H,8H2,1H3/t12-,14-/m0/s1. The average molecular weight is 406 g/mol. The van der Waals surface area contributed by atoms with Crippen LogP contribution in [-0.2, 0) is 0 Å². The van der Waals surface area contributed by atoms with Crippen LogP contribution in [0.25, 0.3) is 11.0 Å². The lowest BCUT2D eigenvalue weighted by molar-refractivity contribution is -0.0506. The van der Waals surface area contributed by atoms with Crippen molar-refractivity contribution in [1.29, 1.82) is 0 Å². The van der Waals surface area contributed by atoms with Crippen molar-refractivity contribution in [3.63, 3.8) is 0 Å². The number of benzene rings is 2. The largest absolute Gasteiger partial charge is 0.434 e. The molecule has 27 heavy (non-hydrogen) atoms. The van der Waals surface area contributed by atoms with Crippen molar-refractivity contribution in [1.82, 2.24) is 9.55 Å². The zero-order valence-electron chi connectivity index (χ0n) is 14.2. The third-order valence-electron chi connectivity index (χ3n) is 5.05. The van der Waals surface area contributed by atoms with Crippen LogP contribution in [0.5, 0.6) is 5.75 Å². The number of imidazole rings is 1. The van der Waals surface area contributed by atoms with Gasteiger partial charge < -0.3 is 9.30 Å². The summed E-state index contributed by atoms with van der Waals surface area (Å²) >= 11 is 7.70. The van der Waals surface area contributed by atoms with Crippen LogP contribution in [0.1, 0.15) is 35.5 Å². The molecule has 2 aliphatic heterocycles. The fraction of sp³-hybridized carbons (Fsp3) is 0.263. The van der Waals surface area contributed by atoms with Gasteiger partial charge in [-0.05, 0) is 30.5 Å². The third-order valence-corrected chi connectivity index (χ3v) is 5.99. The van der Waals surface area contributed by atoms with E-state index >= 15 is 0 Å². The Kier molecular flexibility index (Phi) is 3.91. The summed E-state index contributed by atoms with van der Waals surface area (Å²) in [6.45, 7) is -2.89.